The molecule has 25 heavy (non-hydrogen) atoms. The van der Waals surface area contributed by atoms with Gasteiger partial charge in [0.15, 0.2) is 5.12 Å². The van der Waals surface area contributed by atoms with Crippen LogP contribution < -0.4 is 0 Å². The van der Waals surface area contributed by atoms with E-state index in [2.05, 4.69) is 34.7 Å². The molecule has 3 rings (SSSR count). The molecule has 0 spiro atoms. The number of likely N-dealkylation sites (tertiary alicyclic amines) is 1. The first-order valence-corrected chi connectivity index (χ1v) is 11.1. The fourth-order valence-electron chi connectivity index (χ4n) is 4.33. The first-order valence-electron chi connectivity index (χ1n) is 9.91. The Hall–Kier alpha value is -0.810. The van der Waals surface area contributed by atoms with Crippen LogP contribution in [0, 0.1) is 11.8 Å². The molecule has 140 valence electrons. The van der Waals surface area contributed by atoms with E-state index in [1.165, 1.54) is 62.6 Å². The van der Waals surface area contributed by atoms with Gasteiger partial charge >= 0.3 is 0 Å². The minimum atomic E-state index is 0.326. The van der Waals surface area contributed by atoms with Crippen molar-refractivity contribution in [1.29, 1.82) is 0 Å². The number of nitrogens with zero attached hydrogens (tertiary/aromatic N) is 3. The molecular formula is C20H33N3OS. The lowest BCUT2D eigenvalue weighted by molar-refractivity contribution is -0.115. The zero-order chi connectivity index (χ0) is 17.8. The summed E-state index contributed by atoms with van der Waals surface area (Å²) in [5.74, 6) is 1.67. The maximum atomic E-state index is 11.8. The predicted molar refractivity (Wildman–Crippen MR) is 105 cm³/mol. The Labute approximate surface area is 156 Å². The van der Waals surface area contributed by atoms with Crippen molar-refractivity contribution in [1.82, 2.24) is 14.7 Å². The molecule has 2 heterocycles. The number of thioether (sulfide) groups is 1. The van der Waals surface area contributed by atoms with Gasteiger partial charge in [-0.3, -0.25) is 9.48 Å². The Morgan fingerprint density at radius 1 is 1.20 bits per heavy atom. The third kappa shape index (κ3) is 4.88. The molecule has 1 aliphatic carbocycles. The molecule has 1 saturated heterocycles. The van der Waals surface area contributed by atoms with Gasteiger partial charge in [0.25, 0.3) is 0 Å². The molecule has 0 bridgehead atoms. The number of carbonyl (C=O) groups is 1. The summed E-state index contributed by atoms with van der Waals surface area (Å²) in [4.78, 5) is 14.5. The van der Waals surface area contributed by atoms with E-state index in [1.54, 1.807) is 0 Å². The zero-order valence-electron chi connectivity index (χ0n) is 16.0. The fourth-order valence-corrected chi connectivity index (χ4v) is 4.90. The van der Waals surface area contributed by atoms with Crippen molar-refractivity contribution < 1.29 is 4.79 Å². The average molecular weight is 364 g/mol. The molecule has 2 aliphatic rings. The van der Waals surface area contributed by atoms with Gasteiger partial charge in [-0.25, -0.2) is 0 Å². The van der Waals surface area contributed by atoms with Crippen LogP contribution in [0.25, 0.3) is 0 Å². The van der Waals surface area contributed by atoms with Crippen LogP contribution in [0.5, 0.6) is 0 Å². The normalized spacial score (nSPS) is 26.2. The second-order valence-electron chi connectivity index (χ2n) is 8.18. The lowest BCUT2D eigenvalue weighted by Gasteiger charge is -2.36. The molecule has 4 nitrogen and oxygen atoms in total. The van der Waals surface area contributed by atoms with Crippen LogP contribution in [-0.4, -0.2) is 45.7 Å². The number of rotatable bonds is 5. The van der Waals surface area contributed by atoms with E-state index < -0.39 is 0 Å². The van der Waals surface area contributed by atoms with Gasteiger partial charge in [0.05, 0.1) is 12.2 Å². The monoisotopic (exact) mass is 363 g/mol. The van der Waals surface area contributed by atoms with Crippen LogP contribution in [-0.2, 0) is 4.79 Å². The van der Waals surface area contributed by atoms with Gasteiger partial charge in [-0.2, -0.15) is 5.10 Å². The zero-order valence-corrected chi connectivity index (χ0v) is 16.8. The molecule has 1 aromatic heterocycles. The minimum Gasteiger partial charge on any atom is -0.303 e. The molecule has 0 unspecified atom stereocenters. The smallest absolute Gasteiger partial charge is 0.191 e. The quantitative estimate of drug-likeness (QED) is 0.780. The number of hydrogen-bond acceptors (Lipinski definition) is 4. The van der Waals surface area contributed by atoms with Gasteiger partial charge in [-0.1, -0.05) is 25.6 Å². The number of piperidine rings is 1. The lowest BCUT2D eigenvalue weighted by atomic mass is 9.82. The van der Waals surface area contributed by atoms with E-state index in [-0.39, 0.29) is 0 Å². The highest BCUT2D eigenvalue weighted by Crippen LogP contribution is 2.33. The van der Waals surface area contributed by atoms with Crippen molar-refractivity contribution >= 4 is 16.9 Å². The topological polar surface area (TPSA) is 38.1 Å². The molecule has 1 aliphatic heterocycles. The summed E-state index contributed by atoms with van der Waals surface area (Å²) < 4.78 is 2.20. The molecule has 0 amide bonds. The Kier molecular flexibility index (Phi) is 6.61. The minimum absolute atomic E-state index is 0.326. The second kappa shape index (κ2) is 8.72. The highest BCUT2D eigenvalue weighted by atomic mass is 32.2. The third-order valence-electron chi connectivity index (χ3n) is 6.12. The van der Waals surface area contributed by atoms with E-state index >= 15 is 0 Å². The molecule has 5 heteroatoms. The SMILES string of the molecule is CSC(=O)C1CCC(CN2CCC(n3cc(C(C)C)cn3)CC2)CC1. The standard InChI is InChI=1S/C20H33N3OS/c1-15(2)18-12-21-23(14-18)19-8-10-22(11-9-19)13-16-4-6-17(7-5-16)20(24)25-3/h12,14-17,19H,4-11,13H2,1-3H3. The summed E-state index contributed by atoms with van der Waals surface area (Å²) in [5.41, 5.74) is 1.35. The van der Waals surface area contributed by atoms with E-state index in [4.69, 9.17) is 0 Å². The van der Waals surface area contributed by atoms with E-state index in [9.17, 15) is 4.79 Å². The number of aromatic nitrogens is 2. The molecule has 1 aromatic rings. The second-order valence-corrected chi connectivity index (χ2v) is 8.99. The molecule has 0 aromatic carbocycles. The van der Waals surface area contributed by atoms with Crippen molar-refractivity contribution in [2.24, 2.45) is 11.8 Å². The summed E-state index contributed by atoms with van der Waals surface area (Å²) in [6, 6.07) is 0.568. The fraction of sp³-hybridized carbons (Fsp3) is 0.800. The van der Waals surface area contributed by atoms with Crippen LogP contribution in [0.3, 0.4) is 0 Å². The first kappa shape index (κ1) is 19.0. The number of hydrogen-bond donors (Lipinski definition) is 0. The maximum Gasteiger partial charge on any atom is 0.191 e. The van der Waals surface area contributed by atoms with Gasteiger partial charge in [-0.05, 0) is 62.2 Å². The van der Waals surface area contributed by atoms with Crippen LogP contribution >= 0.6 is 11.8 Å². The summed E-state index contributed by atoms with van der Waals surface area (Å²) in [6.07, 6.45) is 13.3. The maximum absolute atomic E-state index is 11.8. The van der Waals surface area contributed by atoms with Crippen molar-refractivity contribution in [3.05, 3.63) is 18.0 Å². The van der Waals surface area contributed by atoms with Crippen LogP contribution in [0.15, 0.2) is 12.4 Å². The van der Waals surface area contributed by atoms with Gasteiger partial charge < -0.3 is 4.90 Å². The van der Waals surface area contributed by atoms with Gasteiger partial charge in [0.2, 0.25) is 0 Å². The van der Waals surface area contributed by atoms with Gasteiger partial charge in [0, 0.05) is 31.7 Å². The first-order chi connectivity index (χ1) is 12.1. The van der Waals surface area contributed by atoms with Crippen molar-refractivity contribution in [2.45, 2.75) is 64.3 Å². The van der Waals surface area contributed by atoms with Crippen molar-refractivity contribution in [2.75, 3.05) is 25.9 Å². The van der Waals surface area contributed by atoms with Crippen LogP contribution in [0.1, 0.15) is 69.9 Å². The highest BCUT2D eigenvalue weighted by molar-refractivity contribution is 8.13. The molecule has 1 saturated carbocycles. The van der Waals surface area contributed by atoms with Crippen LogP contribution in [0.4, 0.5) is 0 Å². The summed E-state index contributed by atoms with van der Waals surface area (Å²) in [7, 11) is 0. The Morgan fingerprint density at radius 3 is 2.44 bits per heavy atom. The van der Waals surface area contributed by atoms with E-state index in [0.29, 0.717) is 23.0 Å². The lowest BCUT2D eigenvalue weighted by Crippen LogP contribution is -2.39. The summed E-state index contributed by atoms with van der Waals surface area (Å²) in [5, 5.41) is 5.00. The van der Waals surface area contributed by atoms with Gasteiger partial charge in [0.1, 0.15) is 0 Å². The highest BCUT2D eigenvalue weighted by Gasteiger charge is 2.28. The van der Waals surface area contributed by atoms with Gasteiger partial charge in [-0.15, -0.1) is 0 Å². The molecular weight excluding hydrogens is 330 g/mol. The van der Waals surface area contributed by atoms with Crippen molar-refractivity contribution in [3.63, 3.8) is 0 Å². The molecule has 0 atom stereocenters. The third-order valence-corrected chi connectivity index (χ3v) is 6.85. The molecule has 0 N–H and O–H groups in total. The van der Waals surface area contributed by atoms with E-state index in [1.807, 2.05) is 12.5 Å². The Morgan fingerprint density at radius 2 is 1.88 bits per heavy atom. The predicted octanol–water partition coefficient (Wildman–Crippen LogP) is 4.34. The average Bonchev–Trinajstić information content (AvgIpc) is 3.13. The Bertz CT molecular complexity index is 555. The molecule has 2 fully saturated rings. The molecule has 0 radical (unpaired) electrons. The van der Waals surface area contributed by atoms with E-state index in [0.717, 1.165) is 18.8 Å². The summed E-state index contributed by atoms with van der Waals surface area (Å²) >= 11 is 1.41. The van der Waals surface area contributed by atoms with Crippen LogP contribution in [0.2, 0.25) is 0 Å². The summed E-state index contributed by atoms with van der Waals surface area (Å²) in [6.45, 7) is 8.05. The number of carbonyl (C=O) groups excluding carboxylic acids is 1. The van der Waals surface area contributed by atoms with Crippen molar-refractivity contribution in [3.8, 4) is 0 Å². The Balaban J connectivity index is 1.41. The largest absolute Gasteiger partial charge is 0.303 e.